The number of carbonyl (C=O) groups is 1. The average Bonchev–Trinajstić information content (AvgIpc) is 2.67. The van der Waals surface area contributed by atoms with Crippen molar-refractivity contribution in [2.75, 3.05) is 0 Å². The molecule has 27 heavy (non-hydrogen) atoms. The molecule has 0 radical (unpaired) electrons. The van der Waals surface area contributed by atoms with E-state index in [-0.39, 0.29) is 16.4 Å². The monoisotopic (exact) mass is 385 g/mol. The van der Waals surface area contributed by atoms with Gasteiger partial charge in [0, 0.05) is 23.1 Å². The van der Waals surface area contributed by atoms with Gasteiger partial charge in [-0.1, -0.05) is 42.5 Å². The molecule has 0 spiro atoms. The zero-order valence-corrected chi connectivity index (χ0v) is 15.3. The second kappa shape index (κ2) is 9.59. The molecule has 0 bridgehead atoms. The number of sulfone groups is 1. The van der Waals surface area contributed by atoms with Crippen LogP contribution in [0, 0.1) is 10.1 Å². The zero-order chi connectivity index (χ0) is 19.7. The number of carbonyl (C=O) groups excluding carboxylic acids is 1. The Morgan fingerprint density at radius 3 is 2.22 bits per heavy atom. The van der Waals surface area contributed by atoms with E-state index in [1.165, 1.54) is 18.2 Å². The number of hydrogen-bond donors (Lipinski definition) is 0. The number of unbranched alkanes of at least 4 members (excludes halogenated alkanes) is 2. The van der Waals surface area contributed by atoms with Gasteiger partial charge in [0.25, 0.3) is 5.69 Å². The quantitative estimate of drug-likeness (QED) is 0.208. The van der Waals surface area contributed by atoms with Crippen LogP contribution in [0.25, 0.3) is 0 Å². The highest BCUT2D eigenvalue weighted by Crippen LogP contribution is 2.18. The molecule has 0 amide bonds. The maximum absolute atomic E-state index is 12.1. The van der Waals surface area contributed by atoms with Gasteiger partial charge in [-0.25, -0.2) is 8.42 Å². The first-order valence-electron chi connectivity index (χ1n) is 8.32. The van der Waals surface area contributed by atoms with Crippen LogP contribution in [-0.4, -0.2) is 19.1 Å². The number of nitrogens with zero attached hydrogens (tertiary/aromatic N) is 1. The van der Waals surface area contributed by atoms with E-state index < -0.39 is 14.8 Å². The van der Waals surface area contributed by atoms with Crippen molar-refractivity contribution < 1.29 is 18.1 Å². The van der Waals surface area contributed by atoms with E-state index in [1.807, 2.05) is 6.07 Å². The fraction of sp³-hybridized carbons (Fsp3) is 0.150. The Kier molecular flexibility index (Phi) is 7.19. The number of ketones is 1. The molecule has 0 heterocycles. The number of hydrogen-bond acceptors (Lipinski definition) is 5. The molecular formula is C20H19NO5S. The van der Waals surface area contributed by atoms with Gasteiger partial charge in [-0.05, 0) is 37.5 Å². The minimum atomic E-state index is -3.62. The normalized spacial score (nSPS) is 11.9. The first kappa shape index (κ1) is 20.3. The van der Waals surface area contributed by atoms with E-state index in [0.717, 1.165) is 17.5 Å². The third-order valence-electron chi connectivity index (χ3n) is 3.72. The summed E-state index contributed by atoms with van der Waals surface area (Å²) in [5, 5.41) is 11.7. The smallest absolute Gasteiger partial charge is 0.269 e. The first-order chi connectivity index (χ1) is 12.9. The maximum atomic E-state index is 12.1. The lowest BCUT2D eigenvalue weighted by Gasteiger charge is -1.99. The van der Waals surface area contributed by atoms with Gasteiger partial charge in [0.2, 0.25) is 0 Å². The Morgan fingerprint density at radius 1 is 0.963 bits per heavy atom. The average molecular weight is 385 g/mol. The van der Waals surface area contributed by atoms with Gasteiger partial charge < -0.3 is 0 Å². The standard InChI is InChI=1S/C20H19NO5S/c22-20(17-9-5-4-6-10-17)11-7-2-1-3-8-16-27(25,26)19-14-12-18(13-15-19)21(23)24/h4-16H,1-3H2/b11-7+,16-8+. The molecule has 0 saturated heterocycles. The van der Waals surface area contributed by atoms with Gasteiger partial charge in [-0.3, -0.25) is 14.9 Å². The molecule has 0 aromatic heterocycles. The number of benzene rings is 2. The van der Waals surface area contributed by atoms with Crippen LogP contribution in [0.5, 0.6) is 0 Å². The van der Waals surface area contributed by atoms with E-state index in [1.54, 1.807) is 36.4 Å². The third-order valence-corrected chi connectivity index (χ3v) is 5.20. The zero-order valence-electron chi connectivity index (χ0n) is 14.5. The van der Waals surface area contributed by atoms with Gasteiger partial charge in [0.15, 0.2) is 15.6 Å². The van der Waals surface area contributed by atoms with Crippen LogP contribution >= 0.6 is 0 Å². The summed E-state index contributed by atoms with van der Waals surface area (Å²) < 4.78 is 24.3. The lowest BCUT2D eigenvalue weighted by molar-refractivity contribution is -0.384. The third kappa shape index (κ3) is 6.31. The number of rotatable bonds is 9. The van der Waals surface area contributed by atoms with Crippen LogP contribution < -0.4 is 0 Å². The number of nitro groups is 1. The van der Waals surface area contributed by atoms with Crippen LogP contribution in [0.1, 0.15) is 29.6 Å². The highest BCUT2D eigenvalue weighted by molar-refractivity contribution is 7.94. The molecule has 0 unspecified atom stereocenters. The fourth-order valence-electron chi connectivity index (χ4n) is 2.27. The highest BCUT2D eigenvalue weighted by Gasteiger charge is 2.12. The van der Waals surface area contributed by atoms with Crippen molar-refractivity contribution in [1.29, 1.82) is 0 Å². The molecule has 0 aliphatic rings. The first-order valence-corrected chi connectivity index (χ1v) is 9.87. The van der Waals surface area contributed by atoms with Crippen LogP contribution in [0.4, 0.5) is 5.69 Å². The summed E-state index contributed by atoms with van der Waals surface area (Å²) in [6, 6.07) is 13.7. The lowest BCUT2D eigenvalue weighted by atomic mass is 10.1. The molecule has 0 aliphatic heterocycles. The summed E-state index contributed by atoms with van der Waals surface area (Å²) in [4.78, 5) is 21.9. The number of non-ortho nitro benzene ring substituents is 1. The molecular weight excluding hydrogens is 366 g/mol. The summed E-state index contributed by atoms with van der Waals surface area (Å²) in [5.41, 5.74) is 0.470. The van der Waals surface area contributed by atoms with Gasteiger partial charge in [0.05, 0.1) is 9.82 Å². The van der Waals surface area contributed by atoms with Gasteiger partial charge in [-0.2, -0.15) is 0 Å². The second-order valence-electron chi connectivity index (χ2n) is 5.73. The predicted octanol–water partition coefficient (Wildman–Crippen LogP) is 4.49. The number of allylic oxidation sites excluding steroid dienone is 3. The Morgan fingerprint density at radius 2 is 1.59 bits per heavy atom. The summed E-state index contributed by atoms with van der Waals surface area (Å²) in [6.07, 6.45) is 6.73. The molecule has 0 N–H and O–H groups in total. The summed E-state index contributed by atoms with van der Waals surface area (Å²) >= 11 is 0. The van der Waals surface area contributed by atoms with Crippen molar-refractivity contribution in [2.45, 2.75) is 24.2 Å². The Labute approximate surface area is 157 Å². The molecule has 0 atom stereocenters. The maximum Gasteiger partial charge on any atom is 0.269 e. The van der Waals surface area contributed by atoms with E-state index in [4.69, 9.17) is 0 Å². The van der Waals surface area contributed by atoms with Crippen LogP contribution in [0.15, 0.2) is 83.1 Å². The Balaban J connectivity index is 1.80. The fourth-order valence-corrected chi connectivity index (χ4v) is 3.34. The largest absolute Gasteiger partial charge is 0.289 e. The molecule has 2 rings (SSSR count). The van der Waals surface area contributed by atoms with Crippen LogP contribution in [0.2, 0.25) is 0 Å². The van der Waals surface area contributed by atoms with E-state index in [0.29, 0.717) is 24.8 Å². The predicted molar refractivity (Wildman–Crippen MR) is 103 cm³/mol. The van der Waals surface area contributed by atoms with Gasteiger partial charge >= 0.3 is 0 Å². The number of nitro benzene ring substituents is 1. The van der Waals surface area contributed by atoms with Crippen molar-refractivity contribution >= 4 is 21.3 Å². The minimum absolute atomic E-state index is 0.0118. The van der Waals surface area contributed by atoms with Crippen molar-refractivity contribution in [2.24, 2.45) is 0 Å². The van der Waals surface area contributed by atoms with E-state index >= 15 is 0 Å². The molecule has 0 aliphatic carbocycles. The van der Waals surface area contributed by atoms with Gasteiger partial charge in [0.1, 0.15) is 0 Å². The highest BCUT2D eigenvalue weighted by atomic mass is 32.2. The summed E-state index contributed by atoms with van der Waals surface area (Å²) in [7, 11) is -3.62. The van der Waals surface area contributed by atoms with E-state index in [9.17, 15) is 23.3 Å². The second-order valence-corrected chi connectivity index (χ2v) is 7.56. The summed E-state index contributed by atoms with van der Waals surface area (Å²) in [6.45, 7) is 0. The minimum Gasteiger partial charge on any atom is -0.289 e. The van der Waals surface area contributed by atoms with E-state index in [2.05, 4.69) is 0 Å². The molecule has 7 heteroatoms. The molecule has 140 valence electrons. The van der Waals surface area contributed by atoms with Crippen LogP contribution in [-0.2, 0) is 9.84 Å². The Bertz CT molecular complexity index is 946. The molecule has 2 aromatic rings. The topological polar surface area (TPSA) is 94.3 Å². The molecule has 0 fully saturated rings. The lowest BCUT2D eigenvalue weighted by Crippen LogP contribution is -1.97. The SMILES string of the molecule is O=C(/C=C/CCC/C=C/S(=O)(=O)c1ccc([N+](=O)[O-])cc1)c1ccccc1. The van der Waals surface area contributed by atoms with Gasteiger partial charge in [-0.15, -0.1) is 0 Å². The molecule has 0 saturated carbocycles. The van der Waals surface area contributed by atoms with Crippen molar-refractivity contribution in [3.05, 3.63) is 93.9 Å². The van der Waals surface area contributed by atoms with Crippen LogP contribution in [0.3, 0.4) is 0 Å². The van der Waals surface area contributed by atoms with Crippen molar-refractivity contribution in [3.63, 3.8) is 0 Å². The summed E-state index contributed by atoms with van der Waals surface area (Å²) in [5.74, 6) is -0.0631. The van der Waals surface area contributed by atoms with Crippen molar-refractivity contribution in [1.82, 2.24) is 0 Å². The Hall–Kier alpha value is -3.06. The molecule has 2 aromatic carbocycles. The molecule has 6 nitrogen and oxygen atoms in total. The van der Waals surface area contributed by atoms with Crippen molar-refractivity contribution in [3.8, 4) is 0 Å².